The average Bonchev–Trinajstić information content (AvgIpc) is 2.98. The van der Waals surface area contributed by atoms with Gasteiger partial charge in [0, 0.05) is 26.6 Å². The first-order chi connectivity index (χ1) is 10.5. The first kappa shape index (κ1) is 14.3. The summed E-state index contributed by atoms with van der Waals surface area (Å²) < 4.78 is 1.62. The molecule has 0 aliphatic carbocycles. The van der Waals surface area contributed by atoms with Crippen LogP contribution in [0.5, 0.6) is 0 Å². The molecule has 22 heavy (non-hydrogen) atoms. The number of carbonyl (C=O) groups excluding carboxylic acids is 2. The number of amides is 2. The van der Waals surface area contributed by atoms with E-state index in [-0.39, 0.29) is 5.84 Å². The Morgan fingerprint density at radius 3 is 2.95 bits per heavy atom. The molecule has 1 fully saturated rings. The second-order valence-corrected chi connectivity index (χ2v) is 5.12. The number of hydrogen-bond acceptors (Lipinski definition) is 6. The summed E-state index contributed by atoms with van der Waals surface area (Å²) in [4.78, 5) is 29.3. The van der Waals surface area contributed by atoms with Crippen LogP contribution in [0.2, 0.25) is 0 Å². The Morgan fingerprint density at radius 1 is 1.59 bits per heavy atom. The minimum Gasteiger partial charge on any atom is -0.372 e. The Kier molecular flexibility index (Phi) is 3.24. The first-order valence-corrected chi connectivity index (χ1v) is 6.69. The number of fused-ring (bicyclic) bond motifs is 4. The molecule has 1 saturated heterocycles. The fourth-order valence-electron chi connectivity index (χ4n) is 2.88. The SMILES string of the molecule is CN/C(=N\OC(C)=O)[C@@H]1c2c(cnn2C)[C@@H]2CN1C(=O)N2O. The number of oxime groups is 1. The summed E-state index contributed by atoms with van der Waals surface area (Å²) in [6, 6.07) is -1.61. The highest BCUT2D eigenvalue weighted by atomic mass is 16.7. The molecule has 2 atom stereocenters. The molecule has 2 N–H and O–H groups in total. The number of nitrogens with one attached hydrogen (secondary N) is 1. The maximum absolute atomic E-state index is 12.2. The Balaban J connectivity index is 2.10. The molecule has 0 radical (unpaired) electrons. The quantitative estimate of drug-likeness (QED) is 0.256. The van der Waals surface area contributed by atoms with Crippen LogP contribution in [0.25, 0.3) is 0 Å². The van der Waals surface area contributed by atoms with Crippen molar-refractivity contribution in [3.8, 4) is 0 Å². The van der Waals surface area contributed by atoms with Crippen molar-refractivity contribution in [2.75, 3.05) is 13.6 Å². The van der Waals surface area contributed by atoms with Crippen molar-refractivity contribution in [1.29, 1.82) is 0 Å². The lowest BCUT2D eigenvalue weighted by atomic mass is 9.97. The Morgan fingerprint density at radius 2 is 2.32 bits per heavy atom. The predicted molar refractivity (Wildman–Crippen MR) is 72.7 cm³/mol. The molecular formula is C12H16N6O4. The zero-order valence-electron chi connectivity index (χ0n) is 12.3. The van der Waals surface area contributed by atoms with Crippen LogP contribution < -0.4 is 5.32 Å². The molecule has 2 aliphatic heterocycles. The van der Waals surface area contributed by atoms with E-state index in [9.17, 15) is 14.8 Å². The maximum Gasteiger partial charge on any atom is 0.345 e. The fraction of sp³-hybridized carbons (Fsp3) is 0.500. The van der Waals surface area contributed by atoms with Crippen molar-refractivity contribution >= 4 is 17.8 Å². The van der Waals surface area contributed by atoms with Gasteiger partial charge in [0.15, 0.2) is 5.84 Å². The van der Waals surface area contributed by atoms with Gasteiger partial charge < -0.3 is 15.1 Å². The van der Waals surface area contributed by atoms with Gasteiger partial charge in [-0.15, -0.1) is 0 Å². The Labute approximate surface area is 125 Å². The molecule has 3 heterocycles. The molecule has 10 nitrogen and oxygen atoms in total. The number of amidine groups is 1. The van der Waals surface area contributed by atoms with E-state index < -0.39 is 24.1 Å². The zero-order valence-corrected chi connectivity index (χ0v) is 12.3. The number of hydroxylamine groups is 2. The molecule has 0 spiro atoms. The van der Waals surface area contributed by atoms with Gasteiger partial charge in [-0.2, -0.15) is 10.2 Å². The predicted octanol–water partition coefficient (Wildman–Crippen LogP) is -0.261. The minimum atomic E-state index is -0.618. The van der Waals surface area contributed by atoms with Crippen LogP contribution in [-0.4, -0.2) is 56.4 Å². The van der Waals surface area contributed by atoms with Crippen LogP contribution in [0, 0.1) is 0 Å². The van der Waals surface area contributed by atoms with E-state index in [2.05, 4.69) is 15.6 Å². The third-order valence-corrected chi connectivity index (χ3v) is 3.84. The van der Waals surface area contributed by atoms with Gasteiger partial charge in [0.1, 0.15) is 12.1 Å². The summed E-state index contributed by atoms with van der Waals surface area (Å²) in [6.45, 7) is 1.54. The zero-order chi connectivity index (χ0) is 16.0. The van der Waals surface area contributed by atoms with Gasteiger partial charge in [-0.3, -0.25) is 9.89 Å². The summed E-state index contributed by atoms with van der Waals surface area (Å²) in [6.07, 6.45) is 1.62. The van der Waals surface area contributed by atoms with Crippen LogP contribution in [0.4, 0.5) is 4.79 Å². The lowest BCUT2D eigenvalue weighted by molar-refractivity contribution is -0.141. The van der Waals surface area contributed by atoms with Crippen LogP contribution >= 0.6 is 0 Å². The molecule has 0 aromatic carbocycles. The van der Waals surface area contributed by atoms with E-state index >= 15 is 0 Å². The van der Waals surface area contributed by atoms with E-state index in [1.807, 2.05) is 0 Å². The van der Waals surface area contributed by atoms with Crippen LogP contribution in [0.3, 0.4) is 0 Å². The highest BCUT2D eigenvalue weighted by molar-refractivity contribution is 5.93. The van der Waals surface area contributed by atoms with E-state index in [1.165, 1.54) is 11.8 Å². The Bertz CT molecular complexity index is 669. The van der Waals surface area contributed by atoms with Crippen LogP contribution in [0.1, 0.15) is 30.3 Å². The maximum atomic E-state index is 12.2. The lowest BCUT2D eigenvalue weighted by Crippen LogP contribution is -2.43. The third-order valence-electron chi connectivity index (χ3n) is 3.84. The number of rotatable bonds is 2. The molecule has 0 saturated carbocycles. The second-order valence-electron chi connectivity index (χ2n) is 5.12. The number of likely N-dealkylation sites (N-methyl/N-ethyl adjacent to an activating group) is 1. The van der Waals surface area contributed by atoms with Crippen LogP contribution in [0.15, 0.2) is 11.4 Å². The molecular weight excluding hydrogens is 292 g/mol. The molecule has 3 rings (SSSR count). The average molecular weight is 308 g/mol. The molecule has 1 aromatic heterocycles. The van der Waals surface area contributed by atoms with Crippen molar-refractivity contribution in [3.05, 3.63) is 17.5 Å². The van der Waals surface area contributed by atoms with E-state index in [4.69, 9.17) is 4.84 Å². The number of aromatic nitrogens is 2. The Hall–Kier alpha value is -2.62. The van der Waals surface area contributed by atoms with Crippen molar-refractivity contribution < 1.29 is 19.6 Å². The van der Waals surface area contributed by atoms with Gasteiger partial charge in [0.25, 0.3) is 0 Å². The molecule has 0 unspecified atom stereocenters. The second kappa shape index (κ2) is 4.98. The van der Waals surface area contributed by atoms with Gasteiger partial charge in [-0.05, 0) is 0 Å². The van der Waals surface area contributed by atoms with Gasteiger partial charge in [0.2, 0.25) is 0 Å². The number of hydrogen-bond donors (Lipinski definition) is 2. The van der Waals surface area contributed by atoms with Gasteiger partial charge in [-0.1, -0.05) is 5.16 Å². The first-order valence-electron chi connectivity index (χ1n) is 6.69. The summed E-state index contributed by atoms with van der Waals surface area (Å²) in [5, 5.41) is 21.5. The molecule has 10 heteroatoms. The van der Waals surface area contributed by atoms with E-state index in [1.54, 1.807) is 25.0 Å². The van der Waals surface area contributed by atoms with Crippen molar-refractivity contribution in [3.63, 3.8) is 0 Å². The van der Waals surface area contributed by atoms with Crippen molar-refractivity contribution in [2.24, 2.45) is 12.2 Å². The van der Waals surface area contributed by atoms with Gasteiger partial charge in [0.05, 0.1) is 18.4 Å². The normalized spacial score (nSPS) is 23.6. The molecule has 1 aromatic rings. The lowest BCUT2D eigenvalue weighted by Gasteiger charge is -2.31. The van der Waals surface area contributed by atoms with E-state index in [0.29, 0.717) is 17.3 Å². The summed E-state index contributed by atoms with van der Waals surface area (Å²) in [7, 11) is 3.35. The van der Waals surface area contributed by atoms with Gasteiger partial charge >= 0.3 is 12.0 Å². The summed E-state index contributed by atoms with van der Waals surface area (Å²) >= 11 is 0. The third kappa shape index (κ3) is 1.91. The number of nitrogens with zero attached hydrogens (tertiary/aromatic N) is 5. The molecule has 2 bridgehead atoms. The number of aryl methyl sites for hydroxylation is 1. The fourth-order valence-corrected chi connectivity index (χ4v) is 2.88. The standard InChI is InChI=1S/C12H16N6O4/c1-6(19)22-15-11(13-2)10-9-7(4-14-16(9)3)8-5-17(10)12(20)18(8)21/h4,8,10,21H,5H2,1-3H3,(H,13,15)/t8-,10-/m0/s1. The molecule has 2 aliphatic rings. The topological polar surface area (TPSA) is 112 Å². The monoisotopic (exact) mass is 308 g/mol. The molecule has 118 valence electrons. The van der Waals surface area contributed by atoms with Crippen molar-refractivity contribution in [1.82, 2.24) is 25.1 Å². The van der Waals surface area contributed by atoms with Gasteiger partial charge in [-0.25, -0.2) is 9.59 Å². The minimum absolute atomic E-state index is 0.280. The molecule has 2 amide bonds. The van der Waals surface area contributed by atoms with Crippen molar-refractivity contribution in [2.45, 2.75) is 19.0 Å². The number of urea groups is 1. The largest absolute Gasteiger partial charge is 0.372 e. The smallest absolute Gasteiger partial charge is 0.345 e. The highest BCUT2D eigenvalue weighted by Crippen LogP contribution is 2.42. The summed E-state index contributed by atoms with van der Waals surface area (Å²) in [5.74, 6) is -0.287. The highest BCUT2D eigenvalue weighted by Gasteiger charge is 2.51. The number of carbonyl (C=O) groups is 2. The summed E-state index contributed by atoms with van der Waals surface area (Å²) in [5.41, 5.74) is 1.45. The van der Waals surface area contributed by atoms with Crippen LogP contribution in [-0.2, 0) is 16.7 Å². The van der Waals surface area contributed by atoms with E-state index in [0.717, 1.165) is 5.56 Å².